The minimum atomic E-state index is -4.41. The molecule has 0 saturated heterocycles. The summed E-state index contributed by atoms with van der Waals surface area (Å²) in [6.45, 7) is 0. The molecule has 0 unspecified atom stereocenters. The standard InChI is InChI=1S/C9H13NO.CH4O4S/c1-10(2,3)8-5-4-6-9(11)7-8;1-5-6(2,3)4/h4-7H,1-3H3;1H3,(H,2,3,4). The summed E-state index contributed by atoms with van der Waals surface area (Å²) in [5, 5.41) is 9.17. The molecule has 0 aliphatic heterocycles. The molecule has 0 aliphatic carbocycles. The largest absolute Gasteiger partial charge is 0.726 e. The molecule has 0 radical (unpaired) electrons. The average molecular weight is 263 g/mol. The molecule has 6 nitrogen and oxygen atoms in total. The monoisotopic (exact) mass is 263 g/mol. The zero-order chi connectivity index (χ0) is 13.7. The van der Waals surface area contributed by atoms with Crippen LogP contribution in [0.2, 0.25) is 0 Å². The van der Waals surface area contributed by atoms with Gasteiger partial charge in [0.05, 0.1) is 28.3 Å². The van der Waals surface area contributed by atoms with E-state index in [1.807, 2.05) is 12.1 Å². The first kappa shape index (κ1) is 15.9. The van der Waals surface area contributed by atoms with E-state index in [1.54, 1.807) is 12.1 Å². The molecule has 0 aliphatic rings. The third-order valence-electron chi connectivity index (χ3n) is 1.81. The predicted molar refractivity (Wildman–Crippen MR) is 64.4 cm³/mol. The Morgan fingerprint density at radius 1 is 1.29 bits per heavy atom. The minimum absolute atomic E-state index is 0.329. The Balaban J connectivity index is 0.000000366. The number of quaternary nitrogens is 1. The first-order valence-electron chi connectivity index (χ1n) is 4.69. The summed E-state index contributed by atoms with van der Waals surface area (Å²) in [6, 6.07) is 7.31. The third kappa shape index (κ3) is 7.70. The Kier molecular flexibility index (Phi) is 5.56. The van der Waals surface area contributed by atoms with Crippen LogP contribution in [0.5, 0.6) is 5.75 Å². The van der Waals surface area contributed by atoms with Gasteiger partial charge in [0.15, 0.2) is 0 Å². The lowest BCUT2D eigenvalue weighted by Crippen LogP contribution is -2.34. The quantitative estimate of drug-likeness (QED) is 0.482. The molecule has 1 N–H and O–H groups in total. The van der Waals surface area contributed by atoms with E-state index in [0.717, 1.165) is 17.3 Å². The summed E-state index contributed by atoms with van der Waals surface area (Å²) in [4.78, 5) is 0. The lowest BCUT2D eigenvalue weighted by Gasteiger charge is -2.23. The zero-order valence-corrected chi connectivity index (χ0v) is 11.1. The molecule has 1 aromatic rings. The summed E-state index contributed by atoms with van der Waals surface area (Å²) < 4.78 is 31.8. The van der Waals surface area contributed by atoms with Crippen molar-refractivity contribution in [3.05, 3.63) is 24.3 Å². The molecule has 98 valence electrons. The van der Waals surface area contributed by atoms with Crippen LogP contribution in [0, 0.1) is 0 Å². The van der Waals surface area contributed by atoms with Gasteiger partial charge in [-0.2, -0.15) is 0 Å². The van der Waals surface area contributed by atoms with Gasteiger partial charge >= 0.3 is 0 Å². The summed E-state index contributed by atoms with van der Waals surface area (Å²) >= 11 is 0. The number of phenolic OH excluding ortho intramolecular Hbond substituents is 1. The molecule has 0 aromatic heterocycles. The van der Waals surface area contributed by atoms with E-state index in [1.165, 1.54) is 0 Å². The number of nitrogens with zero attached hydrogens (tertiary/aromatic N) is 1. The molecule has 0 fully saturated rings. The summed E-state index contributed by atoms with van der Waals surface area (Å²) in [5.41, 5.74) is 1.10. The molecule has 1 rings (SSSR count). The van der Waals surface area contributed by atoms with Crippen LogP contribution >= 0.6 is 0 Å². The van der Waals surface area contributed by atoms with E-state index in [4.69, 9.17) is 5.11 Å². The maximum absolute atomic E-state index is 9.22. The van der Waals surface area contributed by atoms with Crippen molar-refractivity contribution in [3.63, 3.8) is 0 Å². The molecule has 1 aromatic carbocycles. The van der Waals surface area contributed by atoms with Gasteiger partial charge in [-0.1, -0.05) is 6.07 Å². The van der Waals surface area contributed by atoms with Crippen molar-refractivity contribution in [2.45, 2.75) is 0 Å². The number of hydrogen-bond acceptors (Lipinski definition) is 5. The number of rotatable bonds is 2. The van der Waals surface area contributed by atoms with Gasteiger partial charge in [0.1, 0.15) is 11.4 Å². The molecule has 7 heteroatoms. The van der Waals surface area contributed by atoms with Gasteiger partial charge in [-0.15, -0.1) is 0 Å². The van der Waals surface area contributed by atoms with Crippen molar-refractivity contribution in [1.82, 2.24) is 4.48 Å². The number of benzene rings is 1. The molecule has 0 atom stereocenters. The highest BCUT2D eigenvalue weighted by atomic mass is 32.3. The Bertz CT molecular complexity index is 450. The van der Waals surface area contributed by atoms with Gasteiger partial charge < -0.3 is 9.66 Å². The van der Waals surface area contributed by atoms with Gasteiger partial charge in [-0.25, -0.2) is 8.42 Å². The van der Waals surface area contributed by atoms with E-state index in [2.05, 4.69) is 25.3 Å². The fourth-order valence-electron chi connectivity index (χ4n) is 0.910. The van der Waals surface area contributed by atoms with E-state index in [0.29, 0.717) is 5.75 Å². The number of aromatic hydroxyl groups is 1. The van der Waals surface area contributed by atoms with Crippen LogP contribution in [-0.2, 0) is 14.6 Å². The normalized spacial score (nSPS) is 11.6. The van der Waals surface area contributed by atoms with Gasteiger partial charge in [0.25, 0.3) is 0 Å². The number of hydrogen-bond donors (Lipinski definition) is 1. The second kappa shape index (κ2) is 5.97. The first-order chi connectivity index (χ1) is 7.56. The van der Waals surface area contributed by atoms with Crippen LogP contribution in [-0.4, -0.2) is 46.3 Å². The van der Waals surface area contributed by atoms with Crippen LogP contribution < -0.4 is 4.48 Å². The molecular formula is C10H17NO5S. The van der Waals surface area contributed by atoms with Crippen molar-refractivity contribution in [1.29, 1.82) is 0 Å². The topological polar surface area (TPSA) is 86.7 Å². The van der Waals surface area contributed by atoms with Gasteiger partial charge in [0.2, 0.25) is 10.4 Å². The van der Waals surface area contributed by atoms with E-state index in [9.17, 15) is 13.0 Å². The molecule has 0 bridgehead atoms. The first-order valence-corrected chi connectivity index (χ1v) is 6.02. The molecule has 0 heterocycles. The van der Waals surface area contributed by atoms with E-state index >= 15 is 0 Å². The van der Waals surface area contributed by atoms with Crippen LogP contribution in [0.1, 0.15) is 0 Å². The zero-order valence-electron chi connectivity index (χ0n) is 10.2. The highest BCUT2D eigenvalue weighted by Gasteiger charge is 2.11. The summed E-state index contributed by atoms with van der Waals surface area (Å²) in [6.07, 6.45) is 0. The molecule has 17 heavy (non-hydrogen) atoms. The Hall–Kier alpha value is -1.15. The SMILES string of the molecule is COS(=O)(=O)[O-].C[N+](C)(C)c1cccc(O)c1. The highest BCUT2D eigenvalue weighted by Crippen LogP contribution is 2.21. The smallest absolute Gasteiger partial charge is 0.217 e. The Morgan fingerprint density at radius 3 is 2.00 bits per heavy atom. The second-order valence-electron chi connectivity index (χ2n) is 4.11. The van der Waals surface area contributed by atoms with E-state index < -0.39 is 10.4 Å². The molecule has 0 saturated carbocycles. The Morgan fingerprint density at radius 2 is 1.76 bits per heavy atom. The third-order valence-corrected chi connectivity index (χ3v) is 2.22. The fraction of sp³-hybridized carbons (Fsp3) is 0.400. The fourth-order valence-corrected chi connectivity index (χ4v) is 0.910. The van der Waals surface area contributed by atoms with Crippen molar-refractivity contribution in [3.8, 4) is 5.75 Å². The number of phenols is 1. The second-order valence-corrected chi connectivity index (χ2v) is 5.26. The van der Waals surface area contributed by atoms with Crippen LogP contribution in [0.3, 0.4) is 0 Å². The predicted octanol–water partition coefficient (Wildman–Crippen LogP) is 0.682. The van der Waals surface area contributed by atoms with Crippen molar-refractivity contribution in [2.24, 2.45) is 0 Å². The summed E-state index contributed by atoms with van der Waals surface area (Å²) in [5.74, 6) is 0.329. The van der Waals surface area contributed by atoms with Gasteiger partial charge in [0, 0.05) is 6.07 Å². The van der Waals surface area contributed by atoms with Crippen molar-refractivity contribution < 1.29 is 22.3 Å². The summed E-state index contributed by atoms with van der Waals surface area (Å²) in [7, 11) is 2.59. The average Bonchev–Trinajstić information content (AvgIpc) is 2.16. The Labute approximate surface area is 102 Å². The lowest BCUT2D eigenvalue weighted by molar-refractivity contribution is 0.314. The lowest BCUT2D eigenvalue weighted by atomic mass is 10.2. The minimum Gasteiger partial charge on any atom is -0.726 e. The van der Waals surface area contributed by atoms with E-state index in [-0.39, 0.29) is 0 Å². The van der Waals surface area contributed by atoms with Gasteiger partial charge in [-0.05, 0) is 12.1 Å². The molecular weight excluding hydrogens is 246 g/mol. The van der Waals surface area contributed by atoms with Gasteiger partial charge in [-0.3, -0.25) is 8.67 Å². The highest BCUT2D eigenvalue weighted by molar-refractivity contribution is 7.80. The van der Waals surface area contributed by atoms with Crippen LogP contribution in [0.15, 0.2) is 24.3 Å². The maximum Gasteiger partial charge on any atom is 0.217 e. The molecule has 0 spiro atoms. The van der Waals surface area contributed by atoms with Crippen LogP contribution in [0.25, 0.3) is 0 Å². The van der Waals surface area contributed by atoms with Crippen molar-refractivity contribution in [2.75, 3.05) is 28.3 Å². The maximum atomic E-state index is 9.22. The van der Waals surface area contributed by atoms with Crippen LogP contribution in [0.4, 0.5) is 5.69 Å². The molecule has 0 amide bonds. The van der Waals surface area contributed by atoms with Crippen molar-refractivity contribution >= 4 is 16.1 Å².